The number of ketones is 2. The fraction of sp³-hybridized carbons (Fsp3) is 0.600. The topological polar surface area (TPSA) is 34.1 Å². The molecule has 0 aliphatic heterocycles. The van der Waals surface area contributed by atoms with Gasteiger partial charge in [0.15, 0.2) is 11.6 Å². The van der Waals surface area contributed by atoms with Crippen molar-refractivity contribution in [1.82, 2.24) is 0 Å². The van der Waals surface area contributed by atoms with Crippen molar-refractivity contribution in [3.63, 3.8) is 0 Å². The van der Waals surface area contributed by atoms with Gasteiger partial charge in [-0.3, -0.25) is 9.59 Å². The normalized spacial score (nSPS) is 7.25. The molecule has 0 saturated carbocycles. The molecule has 2 nitrogen and oxygen atoms in total. The van der Waals surface area contributed by atoms with Crippen LogP contribution >= 0.6 is 0 Å². The van der Waals surface area contributed by atoms with Crippen LogP contribution in [0.3, 0.4) is 0 Å². The monoisotopic (exact) mass is 241 g/mol. The van der Waals surface area contributed by atoms with E-state index in [-0.39, 0.29) is 52.9 Å². The van der Waals surface area contributed by atoms with Gasteiger partial charge in [0.25, 0.3) is 0 Å². The third-order valence-electron chi connectivity index (χ3n) is 0.714. The minimum absolute atomic E-state index is 0. The molecular weight excluding hydrogens is 233 g/mol. The van der Waals surface area contributed by atoms with Crippen LogP contribution in [0.2, 0.25) is 0 Å². The first kappa shape index (κ1) is 11.5. The van der Waals surface area contributed by atoms with Crippen LogP contribution < -0.4 is 0 Å². The summed E-state index contributed by atoms with van der Waals surface area (Å²) in [6, 6.07) is 0. The van der Waals surface area contributed by atoms with Gasteiger partial charge < -0.3 is 0 Å². The molecule has 0 aromatic rings. The Morgan fingerprint density at radius 1 is 1.38 bits per heavy atom. The van der Waals surface area contributed by atoms with E-state index in [1.807, 2.05) is 0 Å². The second kappa shape index (κ2) is 5.83. The van der Waals surface area contributed by atoms with Crippen LogP contribution in [-0.2, 0) is 9.59 Å². The van der Waals surface area contributed by atoms with Crippen LogP contribution in [0.4, 0.5) is 0 Å². The first-order valence-corrected chi connectivity index (χ1v) is 2.22. The quantitative estimate of drug-likeness (QED) is 0.662. The van der Waals surface area contributed by atoms with E-state index in [2.05, 4.69) is 0 Å². The number of hydrogen-bond acceptors (Lipinski definition) is 2. The summed E-state index contributed by atoms with van der Waals surface area (Å²) in [5.74, 6) is -0.637. The molecule has 0 aliphatic rings. The maximum atomic E-state index is 10.2. The second-order valence-corrected chi connectivity index (χ2v) is 1.33. The molecule has 0 heterocycles. The standard InChI is InChI=1S/C5H8O2.Pr/c1-3-5(7)4(2)6;/h3H2,1-2H3;. The molecule has 0 aromatic heterocycles. The maximum absolute atomic E-state index is 10.2. The summed E-state index contributed by atoms with van der Waals surface area (Å²) in [5.41, 5.74) is 0. The van der Waals surface area contributed by atoms with E-state index in [1.54, 1.807) is 6.92 Å². The molecule has 3 heteroatoms. The van der Waals surface area contributed by atoms with Crippen molar-refractivity contribution in [1.29, 1.82) is 0 Å². The fourth-order valence-electron chi connectivity index (χ4n) is 0.249. The van der Waals surface area contributed by atoms with Crippen molar-refractivity contribution >= 4 is 11.6 Å². The van der Waals surface area contributed by atoms with Crippen molar-refractivity contribution in [3.8, 4) is 0 Å². The molecule has 8 heavy (non-hydrogen) atoms. The summed E-state index contributed by atoms with van der Waals surface area (Å²) < 4.78 is 0. The third kappa shape index (κ3) is 4.85. The average Bonchev–Trinajstić information content (AvgIpc) is 1.65. The summed E-state index contributed by atoms with van der Waals surface area (Å²) in [5, 5.41) is 0. The minimum atomic E-state index is -0.345. The number of hydrogen-bond donors (Lipinski definition) is 0. The van der Waals surface area contributed by atoms with Crippen molar-refractivity contribution in [2.45, 2.75) is 20.3 Å². The Labute approximate surface area is 82.0 Å². The Bertz CT molecular complexity index is 98.6. The molecule has 0 fully saturated rings. The van der Waals surface area contributed by atoms with Gasteiger partial charge in [0, 0.05) is 54.6 Å². The van der Waals surface area contributed by atoms with E-state index in [4.69, 9.17) is 0 Å². The zero-order valence-corrected chi connectivity index (χ0v) is 8.81. The van der Waals surface area contributed by atoms with E-state index >= 15 is 0 Å². The van der Waals surface area contributed by atoms with E-state index in [1.165, 1.54) is 6.92 Å². The van der Waals surface area contributed by atoms with Crippen LogP contribution in [0.15, 0.2) is 0 Å². The van der Waals surface area contributed by atoms with Gasteiger partial charge in [-0.1, -0.05) is 6.92 Å². The number of rotatable bonds is 2. The van der Waals surface area contributed by atoms with Gasteiger partial charge >= 0.3 is 0 Å². The summed E-state index contributed by atoms with van der Waals surface area (Å²) in [4.78, 5) is 20.2. The zero-order chi connectivity index (χ0) is 5.86. The van der Waals surface area contributed by atoms with Crippen LogP contribution in [0.1, 0.15) is 20.3 Å². The SMILES string of the molecule is CCC(=O)C(C)=O.[Pr]. The predicted molar refractivity (Wildman–Crippen MR) is 26.0 cm³/mol. The molecule has 0 bridgehead atoms. The summed E-state index contributed by atoms with van der Waals surface area (Å²) in [6.07, 6.45) is 0.329. The number of Topliss-reactive ketones (excluding diaryl/α,β-unsaturated/α-hetero) is 2. The van der Waals surface area contributed by atoms with E-state index < -0.39 is 0 Å². The Morgan fingerprint density at radius 3 is 1.75 bits per heavy atom. The van der Waals surface area contributed by atoms with Crippen LogP contribution in [0.5, 0.6) is 0 Å². The second-order valence-electron chi connectivity index (χ2n) is 1.33. The number of carbonyl (C=O) groups is 2. The van der Waals surface area contributed by atoms with Gasteiger partial charge in [0.05, 0.1) is 0 Å². The van der Waals surface area contributed by atoms with E-state index in [9.17, 15) is 9.59 Å². The smallest absolute Gasteiger partial charge is 0.197 e. The van der Waals surface area contributed by atoms with Crippen molar-refractivity contribution < 1.29 is 50.9 Å². The Kier molecular flexibility index (Phi) is 8.38. The van der Waals surface area contributed by atoms with Crippen molar-refractivity contribution in [2.75, 3.05) is 0 Å². The van der Waals surface area contributed by atoms with Gasteiger partial charge in [-0.25, -0.2) is 0 Å². The molecular formula is C5H8O2Pr. The molecule has 0 N–H and O–H groups in total. The molecule has 0 rings (SSSR count). The van der Waals surface area contributed by atoms with Gasteiger partial charge in [0.1, 0.15) is 0 Å². The molecule has 0 saturated heterocycles. The number of carbonyl (C=O) groups excluding carboxylic acids is 2. The minimum Gasteiger partial charge on any atom is -0.291 e. The van der Waals surface area contributed by atoms with Crippen molar-refractivity contribution in [2.24, 2.45) is 0 Å². The Balaban J connectivity index is 0. The maximum Gasteiger partial charge on any atom is 0.197 e. The van der Waals surface area contributed by atoms with Crippen LogP contribution in [-0.4, -0.2) is 11.6 Å². The van der Waals surface area contributed by atoms with E-state index in [0.29, 0.717) is 6.42 Å². The molecule has 0 aromatic carbocycles. The van der Waals surface area contributed by atoms with Gasteiger partial charge in [0.2, 0.25) is 0 Å². The molecule has 43 valence electrons. The fourth-order valence-corrected chi connectivity index (χ4v) is 0.249. The zero-order valence-electron chi connectivity index (χ0n) is 5.10. The molecule has 0 atom stereocenters. The molecule has 1 radical (unpaired) electrons. The molecule has 0 spiro atoms. The summed E-state index contributed by atoms with van der Waals surface area (Å²) in [7, 11) is 0. The Morgan fingerprint density at radius 2 is 1.75 bits per heavy atom. The van der Waals surface area contributed by atoms with Crippen molar-refractivity contribution in [3.05, 3.63) is 0 Å². The first-order valence-electron chi connectivity index (χ1n) is 2.22. The van der Waals surface area contributed by atoms with Crippen LogP contribution in [0.25, 0.3) is 0 Å². The van der Waals surface area contributed by atoms with Gasteiger partial charge in [-0.05, 0) is 0 Å². The van der Waals surface area contributed by atoms with Gasteiger partial charge in [-0.15, -0.1) is 0 Å². The first-order chi connectivity index (χ1) is 3.18. The third-order valence-corrected chi connectivity index (χ3v) is 0.714. The molecule has 0 unspecified atom stereocenters. The summed E-state index contributed by atoms with van der Waals surface area (Å²) >= 11 is 0. The van der Waals surface area contributed by atoms with Gasteiger partial charge in [-0.2, -0.15) is 0 Å². The average molecular weight is 241 g/mol. The molecule has 0 amide bonds. The summed E-state index contributed by atoms with van der Waals surface area (Å²) in [6.45, 7) is 2.95. The Hall–Kier alpha value is 0.704. The van der Waals surface area contributed by atoms with E-state index in [0.717, 1.165) is 0 Å². The predicted octanol–water partition coefficient (Wildman–Crippen LogP) is 0.554. The largest absolute Gasteiger partial charge is 0.291 e. The van der Waals surface area contributed by atoms with Crippen LogP contribution in [0, 0.1) is 41.3 Å². The molecule has 0 aliphatic carbocycles.